The van der Waals surface area contributed by atoms with E-state index < -0.39 is 0 Å². The van der Waals surface area contributed by atoms with Crippen LogP contribution in [0.25, 0.3) is 0 Å². The zero-order chi connectivity index (χ0) is 24.9. The van der Waals surface area contributed by atoms with Gasteiger partial charge in [-0.05, 0) is 17.7 Å². The molecule has 3 aromatic rings. The van der Waals surface area contributed by atoms with Gasteiger partial charge in [0.25, 0.3) is 0 Å². The molecule has 0 unspecified atom stereocenters. The van der Waals surface area contributed by atoms with Crippen LogP contribution in [0.15, 0.2) is 60.7 Å². The van der Waals surface area contributed by atoms with Gasteiger partial charge < -0.3 is 29.1 Å². The average Bonchev–Trinajstić information content (AvgIpc) is 2.99. The number of anilines is 4. The van der Waals surface area contributed by atoms with Crippen molar-refractivity contribution in [3.63, 3.8) is 0 Å². The highest BCUT2D eigenvalue weighted by Crippen LogP contribution is 2.33. The van der Waals surface area contributed by atoms with Crippen molar-refractivity contribution in [2.75, 3.05) is 98.4 Å². The number of rotatable bonds is 6. The number of benzene rings is 2. The molecule has 4 heterocycles. The summed E-state index contributed by atoms with van der Waals surface area (Å²) in [5.74, 6) is 2.96. The summed E-state index contributed by atoms with van der Waals surface area (Å²) < 4.78 is 11.4. The molecule has 0 spiro atoms. The Morgan fingerprint density at radius 3 is 1.57 bits per heavy atom. The van der Waals surface area contributed by atoms with Crippen molar-refractivity contribution < 1.29 is 9.47 Å². The minimum absolute atomic E-state index is 0.729. The predicted molar refractivity (Wildman–Crippen MR) is 148 cm³/mol. The van der Waals surface area contributed by atoms with Gasteiger partial charge >= 0.3 is 0 Å². The van der Waals surface area contributed by atoms with Crippen LogP contribution >= 0.6 is 0 Å². The second kappa shape index (κ2) is 11.4. The van der Waals surface area contributed by atoms with Crippen LogP contribution < -0.4 is 19.6 Å². The molecule has 0 radical (unpaired) electrons. The van der Waals surface area contributed by atoms with Crippen LogP contribution in [0.5, 0.6) is 0 Å². The molecule has 0 amide bonds. The first-order valence-electron chi connectivity index (χ1n) is 13.5. The number of ether oxygens (including phenoxy) is 2. The molecule has 0 saturated carbocycles. The van der Waals surface area contributed by atoms with E-state index in [0.717, 1.165) is 103 Å². The highest BCUT2D eigenvalue weighted by Gasteiger charge is 2.28. The molecular weight excluding hydrogens is 464 g/mol. The molecule has 0 atom stereocenters. The SMILES string of the molecule is c1ccc(Cc2c(N3CCOCC3)nc(N3CCN(c4ccccc4)CC3)nc2N2CCOCC2)cc1. The van der Waals surface area contributed by atoms with Crippen molar-refractivity contribution in [2.45, 2.75) is 6.42 Å². The van der Waals surface area contributed by atoms with Crippen molar-refractivity contribution >= 4 is 23.3 Å². The zero-order valence-corrected chi connectivity index (χ0v) is 21.5. The molecule has 8 nitrogen and oxygen atoms in total. The van der Waals surface area contributed by atoms with Crippen molar-refractivity contribution in [1.29, 1.82) is 0 Å². The average molecular weight is 501 g/mol. The van der Waals surface area contributed by atoms with Gasteiger partial charge in [0.1, 0.15) is 11.6 Å². The van der Waals surface area contributed by atoms with E-state index in [1.54, 1.807) is 0 Å². The van der Waals surface area contributed by atoms with Gasteiger partial charge in [0.05, 0.1) is 26.4 Å². The van der Waals surface area contributed by atoms with Gasteiger partial charge in [0, 0.05) is 70.0 Å². The minimum Gasteiger partial charge on any atom is -0.378 e. The Bertz CT molecular complexity index is 1100. The number of nitrogens with zero attached hydrogens (tertiary/aromatic N) is 6. The van der Waals surface area contributed by atoms with Crippen molar-refractivity contribution in [3.8, 4) is 0 Å². The van der Waals surface area contributed by atoms with Crippen molar-refractivity contribution in [2.24, 2.45) is 0 Å². The van der Waals surface area contributed by atoms with E-state index in [0.29, 0.717) is 0 Å². The van der Waals surface area contributed by atoms with Crippen LogP contribution in [0.1, 0.15) is 11.1 Å². The monoisotopic (exact) mass is 500 g/mol. The quantitative estimate of drug-likeness (QED) is 0.512. The summed E-state index contributed by atoms with van der Waals surface area (Å²) in [5, 5.41) is 0. The summed E-state index contributed by atoms with van der Waals surface area (Å²) in [6, 6.07) is 21.4. The lowest BCUT2D eigenvalue weighted by molar-refractivity contribution is 0.121. The van der Waals surface area contributed by atoms with E-state index in [4.69, 9.17) is 19.4 Å². The number of morpholine rings is 2. The van der Waals surface area contributed by atoms with E-state index in [1.165, 1.54) is 16.8 Å². The first kappa shape index (κ1) is 24.0. The van der Waals surface area contributed by atoms with E-state index in [2.05, 4.69) is 80.3 Å². The zero-order valence-electron chi connectivity index (χ0n) is 21.5. The third-order valence-corrected chi connectivity index (χ3v) is 7.48. The van der Waals surface area contributed by atoms with Crippen LogP contribution in [0.3, 0.4) is 0 Å². The predicted octanol–water partition coefficient (Wildman–Crippen LogP) is 3.07. The number of para-hydroxylation sites is 1. The van der Waals surface area contributed by atoms with Gasteiger partial charge in [-0.3, -0.25) is 0 Å². The van der Waals surface area contributed by atoms with E-state index >= 15 is 0 Å². The molecule has 3 aliphatic rings. The number of hydrogen-bond donors (Lipinski definition) is 0. The molecule has 194 valence electrons. The van der Waals surface area contributed by atoms with Crippen LogP contribution in [0, 0.1) is 0 Å². The molecule has 0 aliphatic carbocycles. The fraction of sp³-hybridized carbons (Fsp3) is 0.448. The van der Waals surface area contributed by atoms with Gasteiger partial charge in [-0.15, -0.1) is 0 Å². The van der Waals surface area contributed by atoms with E-state index in [9.17, 15) is 0 Å². The molecule has 1 aromatic heterocycles. The van der Waals surface area contributed by atoms with Crippen molar-refractivity contribution in [1.82, 2.24) is 9.97 Å². The van der Waals surface area contributed by atoms with Gasteiger partial charge in [0.2, 0.25) is 5.95 Å². The molecular formula is C29H36N6O2. The van der Waals surface area contributed by atoms with Gasteiger partial charge in [0.15, 0.2) is 0 Å². The maximum Gasteiger partial charge on any atom is 0.229 e. The molecule has 3 saturated heterocycles. The first-order valence-corrected chi connectivity index (χ1v) is 13.5. The second-order valence-corrected chi connectivity index (χ2v) is 9.82. The third-order valence-electron chi connectivity index (χ3n) is 7.48. The van der Waals surface area contributed by atoms with Gasteiger partial charge in [-0.2, -0.15) is 9.97 Å². The topological polar surface area (TPSA) is 57.2 Å². The number of aromatic nitrogens is 2. The fourth-order valence-electron chi connectivity index (χ4n) is 5.43. The number of piperazine rings is 1. The van der Waals surface area contributed by atoms with Crippen LogP contribution in [0.4, 0.5) is 23.3 Å². The third kappa shape index (κ3) is 5.50. The van der Waals surface area contributed by atoms with E-state index in [-0.39, 0.29) is 0 Å². The number of hydrogen-bond acceptors (Lipinski definition) is 8. The standard InChI is InChI=1S/C29H36N6O2/c1-3-7-24(8-4-1)23-26-27(33-15-19-36-20-16-33)30-29(31-28(26)34-17-21-37-22-18-34)35-13-11-32(12-14-35)25-9-5-2-6-10-25/h1-10H,11-23H2. The summed E-state index contributed by atoms with van der Waals surface area (Å²) >= 11 is 0. The van der Waals surface area contributed by atoms with Gasteiger partial charge in [-0.25, -0.2) is 0 Å². The lowest BCUT2D eigenvalue weighted by Gasteiger charge is -2.38. The Morgan fingerprint density at radius 1 is 0.541 bits per heavy atom. The summed E-state index contributed by atoms with van der Waals surface area (Å²) in [4.78, 5) is 20.2. The largest absolute Gasteiger partial charge is 0.378 e. The van der Waals surface area contributed by atoms with E-state index in [1.807, 2.05) is 0 Å². The summed E-state index contributed by atoms with van der Waals surface area (Å²) in [6.07, 6.45) is 0.808. The Morgan fingerprint density at radius 2 is 1.03 bits per heavy atom. The first-order chi connectivity index (χ1) is 18.3. The smallest absolute Gasteiger partial charge is 0.229 e. The Balaban J connectivity index is 1.35. The second-order valence-electron chi connectivity index (χ2n) is 9.82. The Labute approximate surface area is 219 Å². The summed E-state index contributed by atoms with van der Waals surface area (Å²) in [7, 11) is 0. The normalized spacial score (nSPS) is 18.8. The molecule has 0 bridgehead atoms. The van der Waals surface area contributed by atoms with Crippen molar-refractivity contribution in [3.05, 3.63) is 71.8 Å². The molecule has 3 fully saturated rings. The lowest BCUT2D eigenvalue weighted by atomic mass is 10.0. The molecule has 2 aromatic carbocycles. The highest BCUT2D eigenvalue weighted by atomic mass is 16.5. The lowest BCUT2D eigenvalue weighted by Crippen LogP contribution is -2.47. The fourth-order valence-corrected chi connectivity index (χ4v) is 5.43. The Kier molecular flexibility index (Phi) is 7.37. The van der Waals surface area contributed by atoms with Gasteiger partial charge in [-0.1, -0.05) is 48.5 Å². The highest BCUT2D eigenvalue weighted by molar-refractivity contribution is 5.65. The minimum atomic E-state index is 0.729. The maximum absolute atomic E-state index is 5.70. The Hall–Kier alpha value is -3.36. The molecule has 6 rings (SSSR count). The summed E-state index contributed by atoms with van der Waals surface area (Å²) in [5.41, 5.74) is 3.77. The maximum atomic E-state index is 5.70. The van der Waals surface area contributed by atoms with Crippen LogP contribution in [0.2, 0.25) is 0 Å². The molecule has 3 aliphatic heterocycles. The molecule has 37 heavy (non-hydrogen) atoms. The molecule has 8 heteroatoms. The molecule has 0 N–H and O–H groups in total. The van der Waals surface area contributed by atoms with Crippen LogP contribution in [-0.4, -0.2) is 88.8 Å². The summed E-state index contributed by atoms with van der Waals surface area (Å²) in [6.45, 7) is 10.0. The van der Waals surface area contributed by atoms with Crippen LogP contribution in [-0.2, 0) is 15.9 Å².